The number of hydrogen-bond donors (Lipinski definition) is 1. The Morgan fingerprint density at radius 2 is 1.80 bits per heavy atom. The van der Waals surface area contributed by atoms with Crippen LogP contribution in [0.25, 0.3) is 0 Å². The highest BCUT2D eigenvalue weighted by atomic mass is 79.9. The smallest absolute Gasteiger partial charge is 0.244 e. The third-order valence-electron chi connectivity index (χ3n) is 3.72. The predicted molar refractivity (Wildman–Crippen MR) is 102 cm³/mol. The van der Waals surface area contributed by atoms with E-state index in [0.29, 0.717) is 23.2 Å². The molecule has 2 aromatic carbocycles. The maximum atomic E-state index is 12.9. The Morgan fingerprint density at radius 1 is 1.12 bits per heavy atom. The van der Waals surface area contributed by atoms with Crippen LogP contribution in [0.2, 0.25) is 0 Å². The summed E-state index contributed by atoms with van der Waals surface area (Å²) in [5.74, 6) is 1.06. The molecule has 1 atom stereocenters. The lowest BCUT2D eigenvalue weighted by Gasteiger charge is -2.19. The summed E-state index contributed by atoms with van der Waals surface area (Å²) < 4.78 is 39.9. The van der Waals surface area contributed by atoms with Crippen LogP contribution < -0.4 is 14.2 Å². The molecule has 0 radical (unpaired) electrons. The van der Waals surface area contributed by atoms with Crippen LogP contribution >= 0.6 is 15.9 Å². The highest BCUT2D eigenvalue weighted by Crippen LogP contribution is 2.30. The summed E-state index contributed by atoms with van der Waals surface area (Å²) in [6.45, 7) is 4.14. The molecule has 0 spiro atoms. The fraction of sp³-hybridized carbons (Fsp3) is 0.333. The molecule has 0 fully saturated rings. The number of sulfonamides is 1. The van der Waals surface area contributed by atoms with Gasteiger partial charge in [0.1, 0.15) is 16.4 Å². The van der Waals surface area contributed by atoms with Crippen molar-refractivity contribution >= 4 is 26.0 Å². The van der Waals surface area contributed by atoms with Crippen LogP contribution in [0, 0.1) is 0 Å². The van der Waals surface area contributed by atoms with Gasteiger partial charge in [-0.05, 0) is 49.2 Å². The Balaban J connectivity index is 2.33. The van der Waals surface area contributed by atoms with Gasteiger partial charge in [-0.2, -0.15) is 0 Å². The second-order valence-corrected chi connectivity index (χ2v) is 7.98. The first-order valence-corrected chi connectivity index (χ1v) is 10.3. The van der Waals surface area contributed by atoms with E-state index in [-0.39, 0.29) is 10.9 Å². The van der Waals surface area contributed by atoms with E-state index < -0.39 is 10.0 Å². The molecule has 2 aromatic rings. The minimum atomic E-state index is -3.75. The van der Waals surface area contributed by atoms with Crippen LogP contribution in [0.5, 0.6) is 11.5 Å². The molecule has 2 rings (SSSR count). The molecule has 136 valence electrons. The lowest BCUT2D eigenvalue weighted by atomic mass is 10.1. The van der Waals surface area contributed by atoms with Gasteiger partial charge in [-0.3, -0.25) is 0 Å². The molecular formula is C18H22BrNO4S. The Labute approximate surface area is 157 Å². The maximum absolute atomic E-state index is 12.9. The molecule has 0 bridgehead atoms. The molecular weight excluding hydrogens is 406 g/mol. The minimum Gasteiger partial charge on any atom is -0.497 e. The van der Waals surface area contributed by atoms with E-state index in [2.05, 4.69) is 20.7 Å². The largest absolute Gasteiger partial charge is 0.497 e. The van der Waals surface area contributed by atoms with Crippen molar-refractivity contribution in [2.75, 3.05) is 13.7 Å². The molecule has 0 amide bonds. The fourth-order valence-corrected chi connectivity index (χ4v) is 4.43. The Bertz CT molecular complexity index is 806. The van der Waals surface area contributed by atoms with Gasteiger partial charge in [-0.15, -0.1) is 0 Å². The zero-order valence-electron chi connectivity index (χ0n) is 14.5. The van der Waals surface area contributed by atoms with E-state index in [9.17, 15) is 8.42 Å². The van der Waals surface area contributed by atoms with Gasteiger partial charge in [0.05, 0.1) is 13.7 Å². The Kier molecular flexibility index (Phi) is 6.87. The summed E-state index contributed by atoms with van der Waals surface area (Å²) in [5.41, 5.74) is 0.875. The number of ether oxygens (including phenoxy) is 2. The van der Waals surface area contributed by atoms with Gasteiger partial charge in [0.2, 0.25) is 10.0 Å². The van der Waals surface area contributed by atoms with Gasteiger partial charge in [0.15, 0.2) is 0 Å². The molecule has 0 aliphatic rings. The summed E-state index contributed by atoms with van der Waals surface area (Å²) in [6.07, 6.45) is 0.615. The molecule has 0 aliphatic carbocycles. The van der Waals surface area contributed by atoms with Crippen molar-refractivity contribution in [1.29, 1.82) is 0 Å². The van der Waals surface area contributed by atoms with Crippen molar-refractivity contribution in [1.82, 2.24) is 4.72 Å². The molecule has 0 saturated heterocycles. The van der Waals surface area contributed by atoms with Gasteiger partial charge in [0, 0.05) is 10.5 Å². The molecule has 1 unspecified atom stereocenters. The summed E-state index contributed by atoms with van der Waals surface area (Å²) >= 11 is 3.32. The molecule has 0 heterocycles. The fourth-order valence-electron chi connectivity index (χ4n) is 2.44. The maximum Gasteiger partial charge on any atom is 0.244 e. The quantitative estimate of drug-likeness (QED) is 0.682. The summed E-state index contributed by atoms with van der Waals surface area (Å²) in [4.78, 5) is 0.121. The third kappa shape index (κ3) is 4.96. The first-order valence-electron chi connectivity index (χ1n) is 7.99. The number of benzene rings is 2. The lowest BCUT2D eigenvalue weighted by molar-refractivity contribution is 0.330. The van der Waals surface area contributed by atoms with Gasteiger partial charge < -0.3 is 9.47 Å². The van der Waals surface area contributed by atoms with Gasteiger partial charge in [-0.25, -0.2) is 13.1 Å². The van der Waals surface area contributed by atoms with Crippen molar-refractivity contribution < 1.29 is 17.9 Å². The normalized spacial score (nSPS) is 12.6. The molecule has 0 aliphatic heterocycles. The first kappa shape index (κ1) is 19.8. The van der Waals surface area contributed by atoms with E-state index in [0.717, 1.165) is 11.3 Å². The van der Waals surface area contributed by atoms with Crippen molar-refractivity contribution in [2.24, 2.45) is 0 Å². The monoisotopic (exact) mass is 427 g/mol. The van der Waals surface area contributed by atoms with E-state index in [1.54, 1.807) is 25.3 Å². The summed E-state index contributed by atoms with van der Waals surface area (Å²) in [6, 6.07) is 12.0. The van der Waals surface area contributed by atoms with Crippen LogP contribution in [0.15, 0.2) is 51.8 Å². The van der Waals surface area contributed by atoms with Crippen molar-refractivity contribution in [3.05, 3.63) is 52.5 Å². The van der Waals surface area contributed by atoms with Gasteiger partial charge in [0.25, 0.3) is 0 Å². The summed E-state index contributed by atoms with van der Waals surface area (Å²) in [7, 11) is -2.15. The number of hydrogen-bond acceptors (Lipinski definition) is 4. The molecule has 7 heteroatoms. The van der Waals surface area contributed by atoms with E-state index >= 15 is 0 Å². The molecule has 1 N–H and O–H groups in total. The number of nitrogens with one attached hydrogen (secondary N) is 1. The highest BCUT2D eigenvalue weighted by Gasteiger charge is 2.24. The van der Waals surface area contributed by atoms with Crippen molar-refractivity contribution in [3.8, 4) is 11.5 Å². The zero-order chi connectivity index (χ0) is 18.4. The second kappa shape index (κ2) is 8.69. The summed E-state index contributed by atoms with van der Waals surface area (Å²) in [5, 5.41) is 0. The second-order valence-electron chi connectivity index (χ2n) is 5.38. The zero-order valence-corrected chi connectivity index (χ0v) is 16.9. The minimum absolute atomic E-state index is 0.121. The third-order valence-corrected chi connectivity index (χ3v) is 5.71. The average molecular weight is 428 g/mol. The molecule has 0 aromatic heterocycles. The number of halogens is 1. The van der Waals surface area contributed by atoms with Crippen LogP contribution in [0.1, 0.15) is 31.9 Å². The number of rotatable bonds is 8. The molecule has 0 saturated carbocycles. The lowest BCUT2D eigenvalue weighted by Crippen LogP contribution is -2.28. The van der Waals surface area contributed by atoms with Crippen molar-refractivity contribution in [2.45, 2.75) is 31.2 Å². The highest BCUT2D eigenvalue weighted by molar-refractivity contribution is 9.10. The first-order chi connectivity index (χ1) is 11.9. The predicted octanol–water partition coefficient (Wildman–Crippen LogP) is 4.29. The van der Waals surface area contributed by atoms with Gasteiger partial charge in [-0.1, -0.05) is 35.0 Å². The van der Waals surface area contributed by atoms with Crippen LogP contribution in [-0.4, -0.2) is 22.1 Å². The van der Waals surface area contributed by atoms with Gasteiger partial charge >= 0.3 is 0 Å². The van der Waals surface area contributed by atoms with Crippen LogP contribution in [0.3, 0.4) is 0 Å². The molecule has 5 nitrogen and oxygen atoms in total. The van der Waals surface area contributed by atoms with Crippen molar-refractivity contribution in [3.63, 3.8) is 0 Å². The Morgan fingerprint density at radius 3 is 2.36 bits per heavy atom. The van der Waals surface area contributed by atoms with Crippen LogP contribution in [0.4, 0.5) is 0 Å². The van der Waals surface area contributed by atoms with E-state index in [1.165, 1.54) is 0 Å². The molecule has 25 heavy (non-hydrogen) atoms. The topological polar surface area (TPSA) is 64.6 Å². The Hall–Kier alpha value is -1.57. The van der Waals surface area contributed by atoms with E-state index in [1.807, 2.05) is 38.1 Å². The number of methoxy groups -OCH3 is 1. The van der Waals surface area contributed by atoms with Crippen LogP contribution in [-0.2, 0) is 10.0 Å². The SMILES string of the molecule is CCOc1ccc(Br)cc1S(=O)(=O)NC(CC)c1ccc(OC)cc1. The average Bonchev–Trinajstić information content (AvgIpc) is 2.61. The standard InChI is InChI=1S/C18H22BrNO4S/c1-4-16(13-6-9-15(23-3)10-7-13)20-25(21,22)18-12-14(19)8-11-17(18)24-5-2/h6-12,16,20H,4-5H2,1-3H3. The van der Waals surface area contributed by atoms with E-state index in [4.69, 9.17) is 9.47 Å².